The Labute approximate surface area is 134 Å². The summed E-state index contributed by atoms with van der Waals surface area (Å²) in [5, 5.41) is 14.5. The highest BCUT2D eigenvalue weighted by atomic mass is 16.6. The largest absolute Gasteiger partial charge is 0.434 e. The highest BCUT2D eigenvalue weighted by Crippen LogP contribution is 2.34. The molecule has 0 radical (unpaired) electrons. The fraction of sp³-hybridized carbons (Fsp3) is 0.375. The summed E-state index contributed by atoms with van der Waals surface area (Å²) in [6.45, 7) is 7.78. The molecule has 2 aromatic rings. The number of benzene rings is 1. The van der Waals surface area contributed by atoms with Gasteiger partial charge in [-0.3, -0.25) is 10.1 Å². The molecule has 0 spiro atoms. The number of anilines is 1. The molecular formula is C16H20N4O3. The summed E-state index contributed by atoms with van der Waals surface area (Å²) in [5.74, 6) is 0.610. The van der Waals surface area contributed by atoms with Crippen molar-refractivity contribution in [3.8, 4) is 11.6 Å². The Balaban J connectivity index is 2.41. The van der Waals surface area contributed by atoms with E-state index in [4.69, 9.17) is 4.74 Å². The van der Waals surface area contributed by atoms with E-state index in [1.807, 2.05) is 33.8 Å². The van der Waals surface area contributed by atoms with Crippen molar-refractivity contribution in [2.45, 2.75) is 40.2 Å². The number of aromatic nitrogens is 2. The number of aryl methyl sites for hydroxylation is 2. The van der Waals surface area contributed by atoms with Crippen molar-refractivity contribution in [3.05, 3.63) is 45.8 Å². The van der Waals surface area contributed by atoms with Crippen LogP contribution in [0.3, 0.4) is 0 Å². The third kappa shape index (κ3) is 4.15. The molecule has 1 N–H and O–H groups in total. The molecule has 1 aromatic carbocycles. The first kappa shape index (κ1) is 16.7. The van der Waals surface area contributed by atoms with Gasteiger partial charge >= 0.3 is 11.6 Å². The molecule has 0 fully saturated rings. The highest BCUT2D eigenvalue weighted by molar-refractivity contribution is 5.62. The van der Waals surface area contributed by atoms with E-state index in [0.717, 1.165) is 17.5 Å². The van der Waals surface area contributed by atoms with Gasteiger partial charge in [0, 0.05) is 6.04 Å². The predicted molar refractivity (Wildman–Crippen MR) is 88.1 cm³/mol. The van der Waals surface area contributed by atoms with Crippen LogP contribution in [-0.2, 0) is 0 Å². The van der Waals surface area contributed by atoms with Gasteiger partial charge in [0.15, 0.2) is 0 Å². The Bertz CT molecular complexity index is 698. The lowest BCUT2D eigenvalue weighted by Gasteiger charge is -2.13. The van der Waals surface area contributed by atoms with Gasteiger partial charge in [0.1, 0.15) is 12.1 Å². The van der Waals surface area contributed by atoms with Gasteiger partial charge < -0.3 is 10.1 Å². The van der Waals surface area contributed by atoms with Gasteiger partial charge in [0.25, 0.3) is 0 Å². The zero-order valence-corrected chi connectivity index (χ0v) is 13.7. The van der Waals surface area contributed by atoms with Crippen LogP contribution in [-0.4, -0.2) is 20.9 Å². The number of nitrogens with zero attached hydrogens (tertiary/aromatic N) is 3. The number of nitrogens with one attached hydrogen (secondary N) is 1. The molecular weight excluding hydrogens is 296 g/mol. The quantitative estimate of drug-likeness (QED) is 0.639. The fourth-order valence-electron chi connectivity index (χ4n) is 2.15. The summed E-state index contributed by atoms with van der Waals surface area (Å²) in [7, 11) is 0. The average Bonchev–Trinajstić information content (AvgIpc) is 2.45. The maximum atomic E-state index is 11.4. The maximum absolute atomic E-state index is 11.4. The third-order valence-electron chi connectivity index (χ3n) is 3.38. The van der Waals surface area contributed by atoms with Gasteiger partial charge in [-0.2, -0.15) is 4.98 Å². The zero-order valence-electron chi connectivity index (χ0n) is 13.7. The van der Waals surface area contributed by atoms with Crippen molar-refractivity contribution in [1.29, 1.82) is 0 Å². The second-order valence-corrected chi connectivity index (χ2v) is 5.51. The standard InChI is InChI=1S/C16H20N4O3/c1-5-12(4)19-15-14(20(21)22)16(18-9-17-15)23-13-7-10(2)6-11(3)8-13/h6-9,12H,5H2,1-4H3,(H,17,18,19). The van der Waals surface area contributed by atoms with Crippen LogP contribution in [0.2, 0.25) is 0 Å². The Hall–Kier alpha value is -2.70. The van der Waals surface area contributed by atoms with Gasteiger partial charge in [-0.15, -0.1) is 0 Å². The van der Waals surface area contributed by atoms with Crippen molar-refractivity contribution >= 4 is 11.5 Å². The fourth-order valence-corrected chi connectivity index (χ4v) is 2.15. The predicted octanol–water partition coefficient (Wildman–Crippen LogP) is 4.00. The number of hydrogen-bond acceptors (Lipinski definition) is 6. The van der Waals surface area contributed by atoms with Crippen molar-refractivity contribution < 1.29 is 9.66 Å². The van der Waals surface area contributed by atoms with Crippen LogP contribution in [0.5, 0.6) is 11.6 Å². The van der Waals surface area contributed by atoms with Gasteiger partial charge in [0.05, 0.1) is 4.92 Å². The topological polar surface area (TPSA) is 90.2 Å². The van der Waals surface area contributed by atoms with Crippen LogP contribution in [0.1, 0.15) is 31.4 Å². The number of nitro groups is 1. The molecule has 7 nitrogen and oxygen atoms in total. The Kier molecular flexibility index (Phi) is 5.10. The van der Waals surface area contributed by atoms with Crippen LogP contribution in [0.25, 0.3) is 0 Å². The molecule has 1 atom stereocenters. The SMILES string of the molecule is CCC(C)Nc1ncnc(Oc2cc(C)cc(C)c2)c1[N+](=O)[O-]. The summed E-state index contributed by atoms with van der Waals surface area (Å²) in [6.07, 6.45) is 2.07. The van der Waals surface area contributed by atoms with Gasteiger partial charge in [-0.1, -0.05) is 13.0 Å². The van der Waals surface area contributed by atoms with Gasteiger partial charge in [0.2, 0.25) is 5.82 Å². The first-order valence-corrected chi connectivity index (χ1v) is 7.42. The smallest absolute Gasteiger partial charge is 0.373 e. The van der Waals surface area contributed by atoms with E-state index in [1.165, 1.54) is 6.33 Å². The van der Waals surface area contributed by atoms with Gasteiger partial charge in [-0.25, -0.2) is 4.98 Å². The van der Waals surface area contributed by atoms with Crippen LogP contribution in [0, 0.1) is 24.0 Å². The molecule has 0 aliphatic carbocycles. The number of ether oxygens (including phenoxy) is 1. The van der Waals surface area contributed by atoms with Crippen molar-refractivity contribution in [1.82, 2.24) is 9.97 Å². The normalized spacial score (nSPS) is 11.8. The molecule has 23 heavy (non-hydrogen) atoms. The van der Waals surface area contributed by atoms with E-state index in [0.29, 0.717) is 5.75 Å². The van der Waals surface area contributed by atoms with Crippen LogP contribution in [0.4, 0.5) is 11.5 Å². The first-order valence-electron chi connectivity index (χ1n) is 7.42. The summed E-state index contributed by atoms with van der Waals surface area (Å²) >= 11 is 0. The second kappa shape index (κ2) is 7.04. The minimum absolute atomic E-state index is 0.0534. The lowest BCUT2D eigenvalue weighted by molar-refractivity contribution is -0.385. The second-order valence-electron chi connectivity index (χ2n) is 5.51. The number of rotatable bonds is 6. The molecule has 0 amide bonds. The van der Waals surface area contributed by atoms with Crippen molar-refractivity contribution in [3.63, 3.8) is 0 Å². The minimum Gasteiger partial charge on any atom is -0.434 e. The molecule has 122 valence electrons. The molecule has 1 aromatic heterocycles. The van der Waals surface area contributed by atoms with Crippen molar-refractivity contribution in [2.24, 2.45) is 0 Å². The average molecular weight is 316 g/mol. The summed E-state index contributed by atoms with van der Waals surface area (Å²) < 4.78 is 5.66. The monoisotopic (exact) mass is 316 g/mol. The lowest BCUT2D eigenvalue weighted by Crippen LogP contribution is -2.16. The first-order chi connectivity index (χ1) is 10.9. The molecule has 0 aliphatic rings. The van der Waals surface area contributed by atoms with E-state index in [1.54, 1.807) is 12.1 Å². The van der Waals surface area contributed by atoms with Crippen LogP contribution in [0.15, 0.2) is 24.5 Å². The van der Waals surface area contributed by atoms with Crippen LogP contribution < -0.4 is 10.1 Å². The van der Waals surface area contributed by atoms with E-state index in [-0.39, 0.29) is 23.4 Å². The Morgan fingerprint density at radius 3 is 2.48 bits per heavy atom. The highest BCUT2D eigenvalue weighted by Gasteiger charge is 2.25. The molecule has 1 heterocycles. The minimum atomic E-state index is -0.525. The van der Waals surface area contributed by atoms with Crippen molar-refractivity contribution in [2.75, 3.05) is 5.32 Å². The molecule has 0 bridgehead atoms. The van der Waals surface area contributed by atoms with E-state index < -0.39 is 4.92 Å². The zero-order chi connectivity index (χ0) is 17.0. The summed E-state index contributed by atoms with van der Waals surface area (Å²) in [5.41, 5.74) is 1.76. The Morgan fingerprint density at radius 1 is 1.26 bits per heavy atom. The summed E-state index contributed by atoms with van der Waals surface area (Å²) in [4.78, 5) is 18.8. The molecule has 7 heteroatoms. The summed E-state index contributed by atoms with van der Waals surface area (Å²) in [6, 6.07) is 5.66. The van der Waals surface area contributed by atoms with E-state index in [2.05, 4.69) is 15.3 Å². The Morgan fingerprint density at radius 2 is 1.91 bits per heavy atom. The third-order valence-corrected chi connectivity index (χ3v) is 3.38. The molecule has 0 saturated carbocycles. The number of hydrogen-bond donors (Lipinski definition) is 1. The van der Waals surface area contributed by atoms with Gasteiger partial charge in [-0.05, 0) is 50.5 Å². The van der Waals surface area contributed by atoms with E-state index >= 15 is 0 Å². The van der Waals surface area contributed by atoms with E-state index in [9.17, 15) is 10.1 Å². The van der Waals surface area contributed by atoms with Crippen LogP contribution >= 0.6 is 0 Å². The molecule has 0 aliphatic heterocycles. The molecule has 1 unspecified atom stereocenters. The molecule has 2 rings (SSSR count). The molecule has 0 saturated heterocycles. The lowest BCUT2D eigenvalue weighted by atomic mass is 10.1. The maximum Gasteiger partial charge on any atom is 0.373 e.